The van der Waals surface area contributed by atoms with E-state index in [4.69, 9.17) is 10.8 Å². The molecule has 138 valence electrons. The Hall–Kier alpha value is -2.95. The van der Waals surface area contributed by atoms with Crippen LogP contribution in [-0.4, -0.2) is 63.4 Å². The minimum atomic E-state index is -1.20. The summed E-state index contributed by atoms with van der Waals surface area (Å²) in [6.45, 7) is 2.41. The molecule has 3 atom stereocenters. The SMILES string of the molecule is CC(N)C(=O)NCC(=O)NC(Cc1cnc[nH]1)C(=O)NC(C)C(=O)O. The van der Waals surface area contributed by atoms with E-state index in [-0.39, 0.29) is 13.0 Å². The van der Waals surface area contributed by atoms with Crippen molar-refractivity contribution in [1.29, 1.82) is 0 Å². The Labute approximate surface area is 143 Å². The van der Waals surface area contributed by atoms with Gasteiger partial charge in [-0.05, 0) is 13.8 Å². The first kappa shape index (κ1) is 20.1. The zero-order valence-corrected chi connectivity index (χ0v) is 13.9. The lowest BCUT2D eigenvalue weighted by molar-refractivity contribution is -0.141. The van der Waals surface area contributed by atoms with Gasteiger partial charge in [-0.25, -0.2) is 4.98 Å². The number of aliphatic carboxylic acids is 1. The zero-order chi connectivity index (χ0) is 19.0. The van der Waals surface area contributed by atoms with Crippen molar-refractivity contribution in [3.63, 3.8) is 0 Å². The molecule has 0 radical (unpaired) electrons. The molecular formula is C14H22N6O5. The molecule has 3 unspecified atom stereocenters. The van der Waals surface area contributed by atoms with Gasteiger partial charge in [0.05, 0.1) is 18.9 Å². The topological polar surface area (TPSA) is 179 Å². The van der Waals surface area contributed by atoms with E-state index < -0.39 is 41.8 Å². The number of aromatic nitrogens is 2. The highest BCUT2D eigenvalue weighted by molar-refractivity contribution is 5.92. The van der Waals surface area contributed by atoms with Crippen LogP contribution in [0.4, 0.5) is 0 Å². The molecule has 0 aromatic carbocycles. The number of hydrogen-bond acceptors (Lipinski definition) is 6. The largest absolute Gasteiger partial charge is 0.480 e. The number of rotatable bonds is 9. The maximum atomic E-state index is 12.2. The molecule has 0 bridgehead atoms. The Balaban J connectivity index is 2.70. The number of hydrogen-bond donors (Lipinski definition) is 6. The normalized spacial score (nSPS) is 14.0. The lowest BCUT2D eigenvalue weighted by atomic mass is 10.1. The number of nitrogens with zero attached hydrogens (tertiary/aromatic N) is 1. The third kappa shape index (κ3) is 6.99. The molecule has 1 heterocycles. The van der Waals surface area contributed by atoms with Gasteiger partial charge in [-0.2, -0.15) is 0 Å². The number of carbonyl (C=O) groups is 4. The quantitative estimate of drug-likeness (QED) is 0.283. The lowest BCUT2D eigenvalue weighted by Crippen LogP contribution is -2.53. The second-order valence-electron chi connectivity index (χ2n) is 5.48. The first-order chi connectivity index (χ1) is 11.7. The van der Waals surface area contributed by atoms with E-state index in [9.17, 15) is 19.2 Å². The molecule has 0 spiro atoms. The van der Waals surface area contributed by atoms with Crippen LogP contribution in [0.5, 0.6) is 0 Å². The molecular weight excluding hydrogens is 332 g/mol. The summed E-state index contributed by atoms with van der Waals surface area (Å²) in [4.78, 5) is 53.0. The summed E-state index contributed by atoms with van der Waals surface area (Å²) in [6, 6.07) is -2.93. The van der Waals surface area contributed by atoms with Gasteiger partial charge in [0, 0.05) is 18.3 Å². The fourth-order valence-corrected chi connectivity index (χ4v) is 1.77. The van der Waals surface area contributed by atoms with Gasteiger partial charge >= 0.3 is 5.97 Å². The number of nitrogens with two attached hydrogens (primary N) is 1. The number of H-pyrrole nitrogens is 1. The number of aromatic amines is 1. The molecule has 7 N–H and O–H groups in total. The zero-order valence-electron chi connectivity index (χ0n) is 13.9. The number of carboxylic acids is 1. The van der Waals surface area contributed by atoms with Gasteiger partial charge in [0.2, 0.25) is 17.7 Å². The van der Waals surface area contributed by atoms with E-state index >= 15 is 0 Å². The van der Waals surface area contributed by atoms with Crippen molar-refractivity contribution in [2.75, 3.05) is 6.54 Å². The standard InChI is InChI=1S/C14H22N6O5/c1-7(15)12(22)17-5-11(21)20-10(3-9-4-16-6-18-9)13(23)19-8(2)14(24)25/h4,6-8,10H,3,5,15H2,1-2H3,(H,16,18)(H,17,22)(H,19,23)(H,20,21)(H,24,25). The lowest BCUT2D eigenvalue weighted by Gasteiger charge is -2.19. The van der Waals surface area contributed by atoms with Crippen LogP contribution in [0.1, 0.15) is 19.5 Å². The summed E-state index contributed by atoms with van der Waals surface area (Å²) >= 11 is 0. The van der Waals surface area contributed by atoms with Gasteiger partial charge in [0.1, 0.15) is 12.1 Å². The number of carboxylic acid groups (broad SMARTS) is 1. The Morgan fingerprint density at radius 1 is 1.24 bits per heavy atom. The van der Waals surface area contributed by atoms with Gasteiger partial charge in [-0.15, -0.1) is 0 Å². The first-order valence-corrected chi connectivity index (χ1v) is 7.53. The fraction of sp³-hybridized carbons (Fsp3) is 0.500. The summed E-state index contributed by atoms with van der Waals surface area (Å²) in [5.74, 6) is -3.00. The Morgan fingerprint density at radius 2 is 1.92 bits per heavy atom. The molecule has 11 nitrogen and oxygen atoms in total. The number of amides is 3. The Bertz CT molecular complexity index is 615. The predicted molar refractivity (Wildman–Crippen MR) is 86.1 cm³/mol. The molecule has 1 aromatic heterocycles. The van der Waals surface area contributed by atoms with Crippen LogP contribution in [0.15, 0.2) is 12.5 Å². The molecule has 0 fully saturated rings. The molecule has 0 aliphatic rings. The molecule has 1 rings (SSSR count). The van der Waals surface area contributed by atoms with Crippen LogP contribution in [0.25, 0.3) is 0 Å². The van der Waals surface area contributed by atoms with E-state index in [1.165, 1.54) is 26.4 Å². The minimum Gasteiger partial charge on any atom is -0.480 e. The molecule has 1 aromatic rings. The summed E-state index contributed by atoms with van der Waals surface area (Å²) in [6.07, 6.45) is 2.96. The van der Waals surface area contributed by atoms with Crippen molar-refractivity contribution in [2.45, 2.75) is 38.4 Å². The third-order valence-corrected chi connectivity index (χ3v) is 3.20. The highest BCUT2D eigenvalue weighted by Gasteiger charge is 2.25. The van der Waals surface area contributed by atoms with E-state index in [0.29, 0.717) is 5.69 Å². The molecule has 0 aliphatic heterocycles. The van der Waals surface area contributed by atoms with Gasteiger partial charge < -0.3 is 31.8 Å². The van der Waals surface area contributed by atoms with E-state index in [2.05, 4.69) is 25.9 Å². The summed E-state index contributed by atoms with van der Waals surface area (Å²) in [5, 5.41) is 15.9. The highest BCUT2D eigenvalue weighted by Crippen LogP contribution is 2.00. The van der Waals surface area contributed by atoms with Crippen LogP contribution in [0, 0.1) is 0 Å². The number of nitrogens with one attached hydrogen (secondary N) is 4. The number of carbonyl (C=O) groups excluding carboxylic acids is 3. The van der Waals surface area contributed by atoms with Gasteiger partial charge in [0.25, 0.3) is 0 Å². The van der Waals surface area contributed by atoms with Crippen molar-refractivity contribution in [1.82, 2.24) is 25.9 Å². The number of imidazole rings is 1. The van der Waals surface area contributed by atoms with Crippen LogP contribution in [0.3, 0.4) is 0 Å². The smallest absolute Gasteiger partial charge is 0.325 e. The van der Waals surface area contributed by atoms with Crippen molar-refractivity contribution in [2.24, 2.45) is 5.73 Å². The third-order valence-electron chi connectivity index (χ3n) is 3.20. The second-order valence-corrected chi connectivity index (χ2v) is 5.48. The van der Waals surface area contributed by atoms with Crippen molar-refractivity contribution >= 4 is 23.7 Å². The Kier molecular flexibility index (Phi) is 7.53. The predicted octanol–water partition coefficient (Wildman–Crippen LogP) is -2.51. The van der Waals surface area contributed by atoms with E-state index in [0.717, 1.165) is 0 Å². The van der Waals surface area contributed by atoms with Gasteiger partial charge in [-0.1, -0.05) is 0 Å². The molecule has 0 saturated carbocycles. The maximum Gasteiger partial charge on any atom is 0.325 e. The van der Waals surface area contributed by atoms with Gasteiger partial charge in [0.15, 0.2) is 0 Å². The summed E-state index contributed by atoms with van der Waals surface area (Å²) in [5.41, 5.74) is 5.94. The van der Waals surface area contributed by atoms with Crippen LogP contribution in [-0.2, 0) is 25.6 Å². The van der Waals surface area contributed by atoms with Crippen LogP contribution in [0.2, 0.25) is 0 Å². The monoisotopic (exact) mass is 354 g/mol. The minimum absolute atomic E-state index is 0.0746. The molecule has 11 heteroatoms. The highest BCUT2D eigenvalue weighted by atomic mass is 16.4. The average molecular weight is 354 g/mol. The van der Waals surface area contributed by atoms with Gasteiger partial charge in [-0.3, -0.25) is 19.2 Å². The molecule has 0 aliphatic carbocycles. The summed E-state index contributed by atoms with van der Waals surface area (Å²) < 4.78 is 0. The van der Waals surface area contributed by atoms with Crippen molar-refractivity contribution in [3.8, 4) is 0 Å². The molecule has 0 saturated heterocycles. The average Bonchev–Trinajstić information content (AvgIpc) is 3.04. The maximum absolute atomic E-state index is 12.2. The molecule has 3 amide bonds. The first-order valence-electron chi connectivity index (χ1n) is 7.53. The second kappa shape index (κ2) is 9.37. The van der Waals surface area contributed by atoms with Crippen molar-refractivity contribution < 1.29 is 24.3 Å². The fourth-order valence-electron chi connectivity index (χ4n) is 1.77. The molecule has 25 heavy (non-hydrogen) atoms. The van der Waals surface area contributed by atoms with E-state index in [1.54, 1.807) is 0 Å². The Morgan fingerprint density at radius 3 is 2.44 bits per heavy atom. The summed E-state index contributed by atoms with van der Waals surface area (Å²) in [7, 11) is 0. The van der Waals surface area contributed by atoms with E-state index in [1.807, 2.05) is 0 Å². The van der Waals surface area contributed by atoms with Crippen molar-refractivity contribution in [3.05, 3.63) is 18.2 Å². The van der Waals surface area contributed by atoms with Crippen LogP contribution < -0.4 is 21.7 Å². The van der Waals surface area contributed by atoms with Crippen LogP contribution >= 0.6 is 0 Å².